The number of nitro benzene ring substituents is 1. The van der Waals surface area contributed by atoms with E-state index in [0.29, 0.717) is 11.3 Å². The van der Waals surface area contributed by atoms with Crippen LogP contribution < -0.4 is 5.32 Å². The van der Waals surface area contributed by atoms with E-state index < -0.39 is 10.8 Å². The first kappa shape index (κ1) is 12.4. The average molecular weight is 231 g/mol. The fraction of sp³-hybridized carbons (Fsp3) is 0.0909. The van der Waals surface area contributed by atoms with E-state index in [9.17, 15) is 14.9 Å². The minimum absolute atomic E-state index is 0.0779. The molecule has 0 heterocycles. The fourth-order valence-electron chi connectivity index (χ4n) is 1.12. The number of amides is 1. The summed E-state index contributed by atoms with van der Waals surface area (Å²) in [6, 6.07) is 6.99. The van der Waals surface area contributed by atoms with Crippen molar-refractivity contribution < 1.29 is 9.72 Å². The topological polar surface area (TPSA) is 96.0 Å². The molecular formula is C11H9N3O3. The average Bonchev–Trinajstić information content (AvgIpc) is 2.29. The highest BCUT2D eigenvalue weighted by Crippen LogP contribution is 2.11. The van der Waals surface area contributed by atoms with Crippen molar-refractivity contribution in [2.24, 2.45) is 0 Å². The number of nitro groups is 1. The Kier molecular flexibility index (Phi) is 3.95. The molecule has 86 valence electrons. The number of nitrogens with one attached hydrogen (secondary N) is 1. The summed E-state index contributed by atoms with van der Waals surface area (Å²) in [4.78, 5) is 21.4. The Morgan fingerprint density at radius 3 is 2.53 bits per heavy atom. The molecule has 1 amide bonds. The van der Waals surface area contributed by atoms with Gasteiger partial charge in [0.05, 0.1) is 11.0 Å². The third-order valence-electron chi connectivity index (χ3n) is 1.93. The maximum atomic E-state index is 11.6. The van der Waals surface area contributed by atoms with Gasteiger partial charge in [-0.05, 0) is 19.1 Å². The molecule has 0 unspecified atom stereocenters. The Morgan fingerprint density at radius 1 is 1.47 bits per heavy atom. The molecule has 0 atom stereocenters. The lowest BCUT2D eigenvalue weighted by molar-refractivity contribution is -0.384. The van der Waals surface area contributed by atoms with Crippen molar-refractivity contribution in [3.05, 3.63) is 51.7 Å². The van der Waals surface area contributed by atoms with Crippen LogP contribution in [0.4, 0.5) is 5.69 Å². The Morgan fingerprint density at radius 2 is 2.06 bits per heavy atom. The Balaban J connectivity index is 2.81. The second kappa shape index (κ2) is 5.42. The summed E-state index contributed by atoms with van der Waals surface area (Å²) in [6.07, 6.45) is 1.20. The van der Waals surface area contributed by atoms with Crippen molar-refractivity contribution in [2.45, 2.75) is 6.92 Å². The van der Waals surface area contributed by atoms with E-state index in [4.69, 9.17) is 5.26 Å². The SMILES string of the molecule is C/C(=C/C#N)NC(=O)c1ccc([N+](=O)[O-])cc1. The van der Waals surface area contributed by atoms with Crippen molar-refractivity contribution in [3.63, 3.8) is 0 Å². The summed E-state index contributed by atoms with van der Waals surface area (Å²) in [5, 5.41) is 21.2. The number of carbonyl (C=O) groups is 1. The van der Waals surface area contributed by atoms with Crippen LogP contribution in [-0.4, -0.2) is 10.8 Å². The lowest BCUT2D eigenvalue weighted by Crippen LogP contribution is -2.21. The van der Waals surface area contributed by atoms with Gasteiger partial charge in [0.25, 0.3) is 11.6 Å². The summed E-state index contributed by atoms with van der Waals surface area (Å²) in [5.74, 6) is -0.413. The van der Waals surface area contributed by atoms with Gasteiger partial charge in [0.2, 0.25) is 0 Å². The van der Waals surface area contributed by atoms with E-state index in [2.05, 4.69) is 5.32 Å². The highest BCUT2D eigenvalue weighted by molar-refractivity contribution is 5.95. The van der Waals surface area contributed by atoms with Crippen LogP contribution >= 0.6 is 0 Å². The smallest absolute Gasteiger partial charge is 0.269 e. The van der Waals surface area contributed by atoms with Crippen LogP contribution in [0.25, 0.3) is 0 Å². The molecule has 0 aliphatic heterocycles. The van der Waals surface area contributed by atoms with E-state index in [-0.39, 0.29) is 5.69 Å². The maximum Gasteiger partial charge on any atom is 0.269 e. The zero-order chi connectivity index (χ0) is 12.8. The number of nitriles is 1. The number of benzene rings is 1. The number of hydrogen-bond acceptors (Lipinski definition) is 4. The lowest BCUT2D eigenvalue weighted by atomic mass is 10.2. The van der Waals surface area contributed by atoms with Crippen LogP contribution in [-0.2, 0) is 0 Å². The monoisotopic (exact) mass is 231 g/mol. The second-order valence-corrected chi connectivity index (χ2v) is 3.21. The number of non-ortho nitro benzene ring substituents is 1. The molecule has 6 nitrogen and oxygen atoms in total. The molecule has 0 spiro atoms. The minimum Gasteiger partial charge on any atom is -0.325 e. The van der Waals surface area contributed by atoms with Crippen molar-refractivity contribution >= 4 is 11.6 Å². The molecule has 6 heteroatoms. The van der Waals surface area contributed by atoms with Crippen LogP contribution in [0.5, 0.6) is 0 Å². The first-order valence-corrected chi connectivity index (χ1v) is 4.67. The molecule has 0 bridgehead atoms. The molecular weight excluding hydrogens is 222 g/mol. The van der Waals surface area contributed by atoms with E-state index >= 15 is 0 Å². The Bertz CT molecular complexity index is 512. The van der Waals surface area contributed by atoms with Crippen LogP contribution in [0.1, 0.15) is 17.3 Å². The molecule has 0 saturated heterocycles. The molecule has 0 radical (unpaired) electrons. The van der Waals surface area contributed by atoms with Gasteiger partial charge in [0.15, 0.2) is 0 Å². The number of rotatable bonds is 3. The zero-order valence-electron chi connectivity index (χ0n) is 9.01. The summed E-state index contributed by atoms with van der Waals surface area (Å²) in [6.45, 7) is 1.58. The van der Waals surface area contributed by atoms with Gasteiger partial charge >= 0.3 is 0 Å². The molecule has 0 aliphatic carbocycles. The molecule has 0 aromatic heterocycles. The van der Waals surface area contributed by atoms with E-state index in [1.54, 1.807) is 13.0 Å². The summed E-state index contributed by atoms with van der Waals surface area (Å²) >= 11 is 0. The fourth-order valence-corrected chi connectivity index (χ4v) is 1.12. The first-order chi connectivity index (χ1) is 8.04. The van der Waals surface area contributed by atoms with Crippen LogP contribution in [0, 0.1) is 21.4 Å². The summed E-state index contributed by atoms with van der Waals surface area (Å²) in [7, 11) is 0. The number of allylic oxidation sites excluding steroid dienone is 2. The quantitative estimate of drug-likeness (QED) is 0.487. The van der Waals surface area contributed by atoms with Crippen molar-refractivity contribution in [1.29, 1.82) is 5.26 Å². The third kappa shape index (κ3) is 3.43. The Labute approximate surface area is 97.3 Å². The number of hydrogen-bond donors (Lipinski definition) is 1. The molecule has 0 aliphatic rings. The van der Waals surface area contributed by atoms with E-state index in [0.717, 1.165) is 0 Å². The maximum absolute atomic E-state index is 11.6. The highest BCUT2D eigenvalue weighted by Gasteiger charge is 2.09. The van der Waals surface area contributed by atoms with E-state index in [1.807, 2.05) is 0 Å². The van der Waals surface area contributed by atoms with Gasteiger partial charge in [0.1, 0.15) is 0 Å². The van der Waals surface area contributed by atoms with Gasteiger partial charge in [-0.2, -0.15) is 5.26 Å². The highest BCUT2D eigenvalue weighted by atomic mass is 16.6. The van der Waals surface area contributed by atoms with Crippen LogP contribution in [0.3, 0.4) is 0 Å². The predicted molar refractivity (Wildman–Crippen MR) is 59.9 cm³/mol. The molecule has 1 aromatic carbocycles. The molecule has 1 N–H and O–H groups in total. The van der Waals surface area contributed by atoms with Crippen LogP contribution in [0.15, 0.2) is 36.0 Å². The summed E-state index contributed by atoms with van der Waals surface area (Å²) < 4.78 is 0. The zero-order valence-corrected chi connectivity index (χ0v) is 9.01. The second-order valence-electron chi connectivity index (χ2n) is 3.21. The predicted octanol–water partition coefficient (Wildman–Crippen LogP) is 1.75. The molecule has 0 fully saturated rings. The van der Waals surface area contributed by atoms with Gasteiger partial charge in [-0.1, -0.05) is 0 Å². The molecule has 1 rings (SSSR count). The first-order valence-electron chi connectivity index (χ1n) is 4.67. The molecule has 17 heavy (non-hydrogen) atoms. The lowest BCUT2D eigenvalue weighted by Gasteiger charge is -2.03. The Hall–Kier alpha value is -2.68. The molecule has 0 saturated carbocycles. The van der Waals surface area contributed by atoms with Gasteiger partial charge < -0.3 is 5.32 Å². The van der Waals surface area contributed by atoms with Gasteiger partial charge in [-0.15, -0.1) is 0 Å². The van der Waals surface area contributed by atoms with Crippen molar-refractivity contribution in [3.8, 4) is 6.07 Å². The van der Waals surface area contributed by atoms with Crippen molar-refractivity contribution in [1.82, 2.24) is 5.32 Å². The van der Waals surface area contributed by atoms with Gasteiger partial charge in [0, 0.05) is 29.5 Å². The third-order valence-corrected chi connectivity index (χ3v) is 1.93. The standard InChI is InChI=1S/C11H9N3O3/c1-8(6-7-12)13-11(15)9-2-4-10(5-3-9)14(16)17/h2-6H,1H3,(H,13,15)/b8-6-. The molecule has 1 aromatic rings. The number of nitrogens with zero attached hydrogens (tertiary/aromatic N) is 2. The summed E-state index contributed by atoms with van der Waals surface area (Å²) in [5.41, 5.74) is 0.628. The van der Waals surface area contributed by atoms with Crippen LogP contribution in [0.2, 0.25) is 0 Å². The van der Waals surface area contributed by atoms with Gasteiger partial charge in [-0.3, -0.25) is 14.9 Å². The normalized spacial score (nSPS) is 10.5. The largest absolute Gasteiger partial charge is 0.325 e. The van der Waals surface area contributed by atoms with Crippen molar-refractivity contribution in [2.75, 3.05) is 0 Å². The van der Waals surface area contributed by atoms with E-state index in [1.165, 1.54) is 30.3 Å². The minimum atomic E-state index is -0.539. The van der Waals surface area contributed by atoms with Gasteiger partial charge in [-0.25, -0.2) is 0 Å². The number of carbonyl (C=O) groups excluding carboxylic acids is 1.